The lowest BCUT2D eigenvalue weighted by Gasteiger charge is -2.21. The number of hydrogen-bond acceptors (Lipinski definition) is 8. The van der Waals surface area contributed by atoms with Gasteiger partial charge in [-0.3, -0.25) is 10.1 Å². The van der Waals surface area contributed by atoms with Crippen molar-refractivity contribution >= 4 is 28.4 Å². The molecule has 2 aromatic carbocycles. The number of nitrogens with zero attached hydrogens (tertiary/aromatic N) is 2. The number of aromatic nitrogens is 1. The number of hydrogen-bond donors (Lipinski definition) is 2. The van der Waals surface area contributed by atoms with E-state index in [9.17, 15) is 14.9 Å². The van der Waals surface area contributed by atoms with Crippen LogP contribution in [-0.2, 0) is 15.9 Å². The van der Waals surface area contributed by atoms with Gasteiger partial charge in [-0.1, -0.05) is 30.3 Å². The number of nitrogens with one attached hydrogen (secondary N) is 2. The molecule has 2 N–H and O–H groups in total. The smallest absolute Gasteiger partial charge is 0.407 e. The fraction of sp³-hybridized carbons (Fsp3) is 0.407. The molecule has 3 rings (SSSR count). The van der Waals surface area contributed by atoms with Crippen molar-refractivity contribution in [2.24, 2.45) is 0 Å². The van der Waals surface area contributed by atoms with Crippen LogP contribution < -0.4 is 15.4 Å². The van der Waals surface area contributed by atoms with E-state index in [2.05, 4.69) is 15.6 Å². The van der Waals surface area contributed by atoms with Crippen LogP contribution in [0.1, 0.15) is 33.3 Å². The lowest BCUT2D eigenvalue weighted by atomic mass is 10.0. The fourth-order valence-corrected chi connectivity index (χ4v) is 3.68. The van der Waals surface area contributed by atoms with Crippen LogP contribution in [-0.4, -0.2) is 54.0 Å². The predicted molar refractivity (Wildman–Crippen MR) is 142 cm³/mol. The van der Waals surface area contributed by atoms with Gasteiger partial charge in [0.25, 0.3) is 0 Å². The zero-order valence-electron chi connectivity index (χ0n) is 21.7. The number of pyridine rings is 1. The molecule has 0 aliphatic carbocycles. The summed E-state index contributed by atoms with van der Waals surface area (Å²) < 4.78 is 16.6. The molecule has 0 fully saturated rings. The molecule has 1 atom stereocenters. The number of fused-ring (bicyclic) bond motifs is 1. The van der Waals surface area contributed by atoms with Crippen molar-refractivity contribution < 1.29 is 23.9 Å². The number of carbonyl (C=O) groups excluding carboxylic acids is 1. The second-order valence-corrected chi connectivity index (χ2v) is 9.42. The summed E-state index contributed by atoms with van der Waals surface area (Å²) in [5.41, 5.74) is 1.48. The Morgan fingerprint density at radius 1 is 1.14 bits per heavy atom. The van der Waals surface area contributed by atoms with Gasteiger partial charge in [-0.2, -0.15) is 0 Å². The van der Waals surface area contributed by atoms with Crippen LogP contribution >= 0.6 is 0 Å². The van der Waals surface area contributed by atoms with E-state index in [0.29, 0.717) is 55.1 Å². The summed E-state index contributed by atoms with van der Waals surface area (Å²) in [7, 11) is 0. The molecule has 0 radical (unpaired) electrons. The Morgan fingerprint density at radius 2 is 1.86 bits per heavy atom. The van der Waals surface area contributed by atoms with E-state index in [1.165, 1.54) is 6.20 Å². The molecule has 198 valence electrons. The number of alkyl carbamates (subject to hydrolysis) is 1. The number of nitro groups is 1. The highest BCUT2D eigenvalue weighted by Crippen LogP contribution is 2.32. The lowest BCUT2D eigenvalue weighted by molar-refractivity contribution is -0.384. The van der Waals surface area contributed by atoms with Crippen LogP contribution in [0.3, 0.4) is 0 Å². The van der Waals surface area contributed by atoms with E-state index < -0.39 is 16.6 Å². The zero-order chi connectivity index (χ0) is 26.8. The first-order chi connectivity index (χ1) is 17.7. The number of benzene rings is 2. The molecule has 1 heterocycles. The molecule has 1 aromatic heterocycles. The molecule has 37 heavy (non-hydrogen) atoms. The van der Waals surface area contributed by atoms with Crippen LogP contribution in [0.2, 0.25) is 0 Å². The SMILES string of the molecule is CCOC[C@H](Cc1ccc(OCCNC(=O)OC(C)(C)C)cc1)Nc1c([N+](=O)[O-])cnc2ccccc12. The second-order valence-electron chi connectivity index (χ2n) is 9.42. The van der Waals surface area contributed by atoms with Crippen molar-refractivity contribution in [3.05, 3.63) is 70.4 Å². The average Bonchev–Trinajstić information content (AvgIpc) is 2.85. The van der Waals surface area contributed by atoms with E-state index in [-0.39, 0.29) is 11.7 Å². The highest BCUT2D eigenvalue weighted by atomic mass is 16.6. The van der Waals surface area contributed by atoms with Crippen molar-refractivity contribution in [2.75, 3.05) is 31.7 Å². The van der Waals surface area contributed by atoms with Crippen molar-refractivity contribution in [3.8, 4) is 5.75 Å². The predicted octanol–water partition coefficient (Wildman–Crippen LogP) is 5.11. The highest BCUT2D eigenvalue weighted by Gasteiger charge is 2.21. The number of rotatable bonds is 12. The first-order valence-electron chi connectivity index (χ1n) is 12.2. The Hall–Kier alpha value is -3.92. The molecular formula is C27H34N4O6. The summed E-state index contributed by atoms with van der Waals surface area (Å²) >= 11 is 0. The van der Waals surface area contributed by atoms with Crippen molar-refractivity contribution in [3.63, 3.8) is 0 Å². The van der Waals surface area contributed by atoms with E-state index in [1.807, 2.05) is 55.5 Å². The monoisotopic (exact) mass is 510 g/mol. The molecule has 3 aromatic rings. The standard InChI is InChI=1S/C27H34N4O6/c1-5-35-18-20(30-25-22-8-6-7-9-23(22)29-17-24(25)31(33)34)16-19-10-12-21(13-11-19)36-15-14-28-26(32)37-27(2,3)4/h6-13,17,20H,5,14-16,18H2,1-4H3,(H,28,32)(H,29,30)/t20-/m0/s1. The summed E-state index contributed by atoms with van der Waals surface area (Å²) in [5.74, 6) is 0.667. The molecule has 10 heteroatoms. The Kier molecular flexibility index (Phi) is 9.62. The molecule has 0 aliphatic rings. The van der Waals surface area contributed by atoms with Gasteiger partial charge in [0.1, 0.15) is 29.8 Å². The Labute approximate surface area is 216 Å². The van der Waals surface area contributed by atoms with Gasteiger partial charge in [0.15, 0.2) is 0 Å². The first-order valence-corrected chi connectivity index (χ1v) is 12.2. The zero-order valence-corrected chi connectivity index (χ0v) is 21.7. The number of para-hydroxylation sites is 1. The van der Waals surface area contributed by atoms with Gasteiger partial charge >= 0.3 is 11.8 Å². The minimum Gasteiger partial charge on any atom is -0.492 e. The summed E-state index contributed by atoms with van der Waals surface area (Å²) in [4.78, 5) is 27.2. The van der Waals surface area contributed by atoms with Gasteiger partial charge in [0.2, 0.25) is 0 Å². The minimum absolute atomic E-state index is 0.0797. The second kappa shape index (κ2) is 12.9. The molecule has 0 unspecified atom stereocenters. The van der Waals surface area contributed by atoms with Crippen molar-refractivity contribution in [2.45, 2.75) is 45.8 Å². The van der Waals surface area contributed by atoms with Gasteiger partial charge in [-0.25, -0.2) is 9.78 Å². The topological polar surface area (TPSA) is 125 Å². The van der Waals surface area contributed by atoms with Gasteiger partial charge in [0.05, 0.1) is 29.6 Å². The van der Waals surface area contributed by atoms with Crippen LogP contribution in [0.4, 0.5) is 16.2 Å². The molecule has 0 aliphatic heterocycles. The normalized spacial score (nSPS) is 12.1. The number of anilines is 1. The summed E-state index contributed by atoms with van der Waals surface area (Å²) in [5, 5.41) is 18.4. The number of amides is 1. The maximum atomic E-state index is 11.7. The quantitative estimate of drug-likeness (QED) is 0.196. The molecule has 0 spiro atoms. The maximum Gasteiger partial charge on any atom is 0.407 e. The van der Waals surface area contributed by atoms with Crippen molar-refractivity contribution in [1.82, 2.24) is 10.3 Å². The van der Waals surface area contributed by atoms with Crippen LogP contribution in [0, 0.1) is 10.1 Å². The van der Waals surface area contributed by atoms with Crippen LogP contribution in [0.25, 0.3) is 10.9 Å². The molecular weight excluding hydrogens is 476 g/mol. The third kappa shape index (κ3) is 8.60. The van der Waals surface area contributed by atoms with Gasteiger partial charge < -0.3 is 24.8 Å². The summed E-state index contributed by atoms with van der Waals surface area (Å²) in [6.07, 6.45) is 1.38. The van der Waals surface area contributed by atoms with E-state index >= 15 is 0 Å². The maximum absolute atomic E-state index is 11.7. The van der Waals surface area contributed by atoms with Crippen molar-refractivity contribution in [1.29, 1.82) is 0 Å². The van der Waals surface area contributed by atoms with E-state index in [4.69, 9.17) is 14.2 Å². The molecule has 0 saturated carbocycles. The van der Waals surface area contributed by atoms with Gasteiger partial charge in [0, 0.05) is 12.0 Å². The first kappa shape index (κ1) is 27.7. The fourth-order valence-electron chi connectivity index (χ4n) is 3.68. The Bertz CT molecular complexity index is 1190. The third-order valence-corrected chi connectivity index (χ3v) is 5.27. The van der Waals surface area contributed by atoms with Gasteiger partial charge in [-0.15, -0.1) is 0 Å². The van der Waals surface area contributed by atoms with E-state index in [1.54, 1.807) is 20.8 Å². The van der Waals surface area contributed by atoms with Crippen LogP contribution in [0.5, 0.6) is 5.75 Å². The van der Waals surface area contributed by atoms with E-state index in [0.717, 1.165) is 5.56 Å². The molecule has 10 nitrogen and oxygen atoms in total. The minimum atomic E-state index is -0.551. The summed E-state index contributed by atoms with van der Waals surface area (Å²) in [6, 6.07) is 14.7. The summed E-state index contributed by atoms with van der Waals surface area (Å²) in [6.45, 7) is 8.84. The Morgan fingerprint density at radius 3 is 2.54 bits per heavy atom. The molecule has 0 saturated heterocycles. The number of ether oxygens (including phenoxy) is 3. The largest absolute Gasteiger partial charge is 0.492 e. The highest BCUT2D eigenvalue weighted by molar-refractivity contribution is 5.95. The third-order valence-electron chi connectivity index (χ3n) is 5.27. The van der Waals surface area contributed by atoms with Gasteiger partial charge in [-0.05, 0) is 57.9 Å². The molecule has 0 bridgehead atoms. The average molecular weight is 511 g/mol. The number of carbonyl (C=O) groups is 1. The Balaban J connectivity index is 1.64. The lowest BCUT2D eigenvalue weighted by Crippen LogP contribution is -2.34. The van der Waals surface area contributed by atoms with Crippen LogP contribution in [0.15, 0.2) is 54.7 Å². The molecule has 1 amide bonds.